The van der Waals surface area contributed by atoms with Gasteiger partial charge in [0.25, 0.3) is 0 Å². The van der Waals surface area contributed by atoms with Crippen LogP contribution in [0.25, 0.3) is 0 Å². The molecule has 0 spiro atoms. The minimum absolute atomic E-state index is 0.0362. The normalized spacial score (nSPS) is 26.9. The second-order valence-corrected chi connectivity index (χ2v) is 4.30. The fraction of sp³-hybridized carbons (Fsp3) is 0.900. The third-order valence-corrected chi connectivity index (χ3v) is 2.64. The molecule has 0 aromatic rings. The molecule has 14 heavy (non-hydrogen) atoms. The number of carbonyl (C=O) groups is 1. The smallest absolute Gasteiger partial charge is 0.234 e. The van der Waals surface area contributed by atoms with Crippen LogP contribution in [0.5, 0.6) is 0 Å². The summed E-state index contributed by atoms with van der Waals surface area (Å²) >= 11 is 0. The van der Waals surface area contributed by atoms with E-state index in [9.17, 15) is 9.90 Å². The van der Waals surface area contributed by atoms with Gasteiger partial charge in [-0.15, -0.1) is 0 Å². The highest BCUT2D eigenvalue weighted by molar-refractivity contribution is 5.77. The van der Waals surface area contributed by atoms with E-state index in [0.29, 0.717) is 13.1 Å². The number of likely N-dealkylation sites (N-methyl/N-ethyl adjacent to an activating group) is 1. The number of aliphatic hydroxyl groups is 1. The van der Waals surface area contributed by atoms with Gasteiger partial charge >= 0.3 is 0 Å². The standard InChI is InChI=1S/C10H20N2O2/c1-12(2)7-10(14)11-6-8-4-3-5-9(8)13/h8-9,13H,3-7H2,1-2H3,(H,11,14). The molecule has 1 saturated carbocycles. The number of nitrogens with zero attached hydrogens (tertiary/aromatic N) is 1. The predicted octanol–water partition coefficient (Wildman–Crippen LogP) is -0.175. The molecular weight excluding hydrogens is 180 g/mol. The summed E-state index contributed by atoms with van der Waals surface area (Å²) in [6.45, 7) is 1.04. The number of rotatable bonds is 4. The third kappa shape index (κ3) is 3.64. The van der Waals surface area contributed by atoms with E-state index in [0.717, 1.165) is 19.3 Å². The van der Waals surface area contributed by atoms with E-state index in [1.807, 2.05) is 19.0 Å². The lowest BCUT2D eigenvalue weighted by Gasteiger charge is -2.16. The Morgan fingerprint density at radius 1 is 1.50 bits per heavy atom. The number of carbonyl (C=O) groups excluding carboxylic acids is 1. The molecule has 0 aliphatic heterocycles. The number of hydrogen-bond donors (Lipinski definition) is 2. The molecule has 1 fully saturated rings. The third-order valence-electron chi connectivity index (χ3n) is 2.64. The molecule has 1 aliphatic carbocycles. The molecule has 0 saturated heterocycles. The Labute approximate surface area is 85.3 Å². The van der Waals surface area contributed by atoms with Crippen LogP contribution in [0.4, 0.5) is 0 Å². The van der Waals surface area contributed by atoms with E-state index in [1.54, 1.807) is 0 Å². The maximum absolute atomic E-state index is 11.3. The number of hydrogen-bond acceptors (Lipinski definition) is 3. The average molecular weight is 200 g/mol. The molecule has 82 valence electrons. The Bertz CT molecular complexity index is 195. The van der Waals surface area contributed by atoms with Crippen molar-refractivity contribution in [3.05, 3.63) is 0 Å². The van der Waals surface area contributed by atoms with Gasteiger partial charge in [-0.25, -0.2) is 0 Å². The molecule has 0 radical (unpaired) electrons. The zero-order chi connectivity index (χ0) is 10.6. The van der Waals surface area contributed by atoms with Crippen molar-refractivity contribution in [2.45, 2.75) is 25.4 Å². The Kier molecular flexibility index (Phi) is 4.35. The van der Waals surface area contributed by atoms with Gasteiger partial charge in [0.05, 0.1) is 12.6 Å². The first-order valence-corrected chi connectivity index (χ1v) is 5.19. The topological polar surface area (TPSA) is 52.6 Å². The lowest BCUT2D eigenvalue weighted by Crippen LogP contribution is -2.37. The second kappa shape index (κ2) is 5.32. The lowest BCUT2D eigenvalue weighted by molar-refractivity contribution is -0.122. The van der Waals surface area contributed by atoms with Gasteiger partial charge in [0, 0.05) is 12.5 Å². The quantitative estimate of drug-likeness (QED) is 0.662. The molecule has 0 aromatic heterocycles. The first-order chi connectivity index (χ1) is 6.59. The summed E-state index contributed by atoms with van der Waals surface area (Å²) in [7, 11) is 3.73. The van der Waals surface area contributed by atoms with Crippen molar-refractivity contribution in [3.8, 4) is 0 Å². The van der Waals surface area contributed by atoms with E-state index >= 15 is 0 Å². The van der Waals surface area contributed by atoms with Crippen LogP contribution in [0.3, 0.4) is 0 Å². The molecule has 2 unspecified atom stereocenters. The first-order valence-electron chi connectivity index (χ1n) is 5.19. The summed E-state index contributed by atoms with van der Waals surface area (Å²) in [5.41, 5.74) is 0. The van der Waals surface area contributed by atoms with Crippen molar-refractivity contribution in [3.63, 3.8) is 0 Å². The van der Waals surface area contributed by atoms with Gasteiger partial charge in [0.1, 0.15) is 0 Å². The van der Waals surface area contributed by atoms with E-state index in [1.165, 1.54) is 0 Å². The summed E-state index contributed by atoms with van der Waals surface area (Å²) in [4.78, 5) is 13.1. The van der Waals surface area contributed by atoms with Crippen LogP contribution in [0.2, 0.25) is 0 Å². The summed E-state index contributed by atoms with van der Waals surface area (Å²) in [6.07, 6.45) is 2.78. The molecule has 1 rings (SSSR count). The monoisotopic (exact) mass is 200 g/mol. The molecular formula is C10H20N2O2. The van der Waals surface area contributed by atoms with Crippen LogP contribution < -0.4 is 5.32 Å². The van der Waals surface area contributed by atoms with E-state index in [2.05, 4.69) is 5.32 Å². The van der Waals surface area contributed by atoms with E-state index < -0.39 is 0 Å². The second-order valence-electron chi connectivity index (χ2n) is 4.30. The van der Waals surface area contributed by atoms with Crippen LogP contribution in [-0.4, -0.2) is 49.2 Å². The van der Waals surface area contributed by atoms with Gasteiger partial charge in [-0.3, -0.25) is 4.79 Å². The zero-order valence-corrected chi connectivity index (χ0v) is 8.99. The Morgan fingerprint density at radius 2 is 2.21 bits per heavy atom. The minimum Gasteiger partial charge on any atom is -0.393 e. The van der Waals surface area contributed by atoms with Gasteiger partial charge < -0.3 is 15.3 Å². The maximum atomic E-state index is 11.3. The molecule has 4 nitrogen and oxygen atoms in total. The van der Waals surface area contributed by atoms with Crippen molar-refractivity contribution < 1.29 is 9.90 Å². The van der Waals surface area contributed by atoms with Crippen molar-refractivity contribution in [1.82, 2.24) is 10.2 Å². The van der Waals surface area contributed by atoms with E-state index in [-0.39, 0.29) is 17.9 Å². The summed E-state index contributed by atoms with van der Waals surface area (Å²) < 4.78 is 0. The van der Waals surface area contributed by atoms with Crippen molar-refractivity contribution in [2.75, 3.05) is 27.2 Å². The number of amides is 1. The number of aliphatic hydroxyl groups excluding tert-OH is 1. The maximum Gasteiger partial charge on any atom is 0.234 e. The lowest BCUT2D eigenvalue weighted by atomic mass is 10.1. The summed E-state index contributed by atoms with van der Waals surface area (Å²) in [5.74, 6) is 0.301. The molecule has 2 N–H and O–H groups in total. The summed E-state index contributed by atoms with van der Waals surface area (Å²) in [6, 6.07) is 0. The highest BCUT2D eigenvalue weighted by Crippen LogP contribution is 2.24. The van der Waals surface area contributed by atoms with E-state index in [4.69, 9.17) is 0 Å². The molecule has 2 atom stereocenters. The van der Waals surface area contributed by atoms with Crippen molar-refractivity contribution in [1.29, 1.82) is 0 Å². The van der Waals surface area contributed by atoms with Gasteiger partial charge in [0.15, 0.2) is 0 Å². The average Bonchev–Trinajstić information content (AvgIpc) is 2.46. The van der Waals surface area contributed by atoms with Crippen LogP contribution in [0, 0.1) is 5.92 Å². The van der Waals surface area contributed by atoms with Crippen LogP contribution in [0.15, 0.2) is 0 Å². The molecule has 4 heteroatoms. The molecule has 0 heterocycles. The fourth-order valence-corrected chi connectivity index (χ4v) is 1.84. The van der Waals surface area contributed by atoms with Crippen molar-refractivity contribution in [2.24, 2.45) is 5.92 Å². The Balaban J connectivity index is 2.16. The molecule has 0 bridgehead atoms. The van der Waals surface area contributed by atoms with Crippen LogP contribution in [0.1, 0.15) is 19.3 Å². The van der Waals surface area contributed by atoms with Gasteiger partial charge in [-0.2, -0.15) is 0 Å². The van der Waals surface area contributed by atoms with Crippen LogP contribution in [-0.2, 0) is 4.79 Å². The van der Waals surface area contributed by atoms with Crippen LogP contribution >= 0.6 is 0 Å². The largest absolute Gasteiger partial charge is 0.393 e. The molecule has 0 aromatic carbocycles. The SMILES string of the molecule is CN(C)CC(=O)NCC1CCCC1O. The van der Waals surface area contributed by atoms with Gasteiger partial charge in [0.2, 0.25) is 5.91 Å². The summed E-state index contributed by atoms with van der Waals surface area (Å²) in [5, 5.41) is 12.4. The molecule has 1 aliphatic rings. The van der Waals surface area contributed by atoms with Gasteiger partial charge in [-0.1, -0.05) is 6.42 Å². The highest BCUT2D eigenvalue weighted by atomic mass is 16.3. The highest BCUT2D eigenvalue weighted by Gasteiger charge is 2.25. The van der Waals surface area contributed by atoms with Gasteiger partial charge in [-0.05, 0) is 26.9 Å². The molecule has 1 amide bonds. The minimum atomic E-state index is -0.213. The first kappa shape index (κ1) is 11.5. The fourth-order valence-electron chi connectivity index (χ4n) is 1.84. The Hall–Kier alpha value is -0.610. The van der Waals surface area contributed by atoms with Crippen molar-refractivity contribution >= 4 is 5.91 Å². The Morgan fingerprint density at radius 3 is 2.71 bits per heavy atom. The zero-order valence-electron chi connectivity index (χ0n) is 8.99. The predicted molar refractivity (Wildman–Crippen MR) is 54.9 cm³/mol. The number of nitrogens with one attached hydrogen (secondary N) is 1.